The van der Waals surface area contributed by atoms with E-state index >= 15 is 0 Å². The molecule has 0 unspecified atom stereocenters. The maximum atomic E-state index is 10.5. The van der Waals surface area contributed by atoms with E-state index in [1.54, 1.807) is 0 Å². The van der Waals surface area contributed by atoms with Crippen LogP contribution >= 0.6 is 0 Å². The average molecular weight is 411 g/mol. The topological polar surface area (TPSA) is 72.8 Å². The molecule has 1 aromatic carbocycles. The Labute approximate surface area is 188 Å². The van der Waals surface area contributed by atoms with Gasteiger partial charge in [-0.15, -0.1) is 0 Å². The van der Waals surface area contributed by atoms with Gasteiger partial charge in [0.2, 0.25) is 0 Å². The van der Waals surface area contributed by atoms with Crippen molar-refractivity contribution < 1.29 is 53.4 Å². The van der Waals surface area contributed by atoms with Gasteiger partial charge in [-0.3, -0.25) is 4.55 Å². The van der Waals surface area contributed by atoms with E-state index in [4.69, 9.17) is 14.0 Å². The molecule has 0 aliphatic rings. The standard InChI is InChI=1S/C20H34O5S.Na.H/c1-2-3-4-5-6-7-8-19-9-11-20(12-10-19)13-14-24-15-16-25-17-18-26(21,22)23;;/h9-12H,2-8,13-18H2,1H3,(H,21,22,23);;/q;+1;-1. The molecule has 0 bridgehead atoms. The molecular formula is C20H35NaO5S. The Morgan fingerprint density at radius 2 is 1.33 bits per heavy atom. The van der Waals surface area contributed by atoms with E-state index in [1.807, 2.05) is 0 Å². The van der Waals surface area contributed by atoms with Crippen LogP contribution in [-0.4, -0.2) is 45.2 Å². The Balaban J connectivity index is 0. The summed E-state index contributed by atoms with van der Waals surface area (Å²) in [7, 11) is -3.94. The minimum absolute atomic E-state index is 0. The molecule has 5 nitrogen and oxygen atoms in total. The van der Waals surface area contributed by atoms with Crippen LogP contribution < -0.4 is 29.6 Å². The van der Waals surface area contributed by atoms with Gasteiger partial charge in [-0.25, -0.2) is 0 Å². The first-order chi connectivity index (χ1) is 12.5. The van der Waals surface area contributed by atoms with Crippen molar-refractivity contribution in [2.45, 2.75) is 58.3 Å². The molecule has 1 N–H and O–H groups in total. The van der Waals surface area contributed by atoms with Gasteiger partial charge in [-0.2, -0.15) is 8.42 Å². The van der Waals surface area contributed by atoms with Crippen LogP contribution in [0.1, 0.15) is 58.0 Å². The maximum absolute atomic E-state index is 10.5. The molecule has 0 aliphatic carbocycles. The summed E-state index contributed by atoms with van der Waals surface area (Å²) in [4.78, 5) is 0. The predicted molar refractivity (Wildman–Crippen MR) is 106 cm³/mol. The van der Waals surface area contributed by atoms with Gasteiger partial charge in [0.1, 0.15) is 0 Å². The van der Waals surface area contributed by atoms with Gasteiger partial charge in [0, 0.05) is 0 Å². The minimum atomic E-state index is -3.94. The van der Waals surface area contributed by atoms with Crippen molar-refractivity contribution in [2.75, 3.05) is 32.2 Å². The molecule has 152 valence electrons. The van der Waals surface area contributed by atoms with Crippen LogP contribution in [-0.2, 0) is 32.4 Å². The number of hydrogen-bond acceptors (Lipinski definition) is 4. The van der Waals surface area contributed by atoms with E-state index in [9.17, 15) is 8.42 Å². The van der Waals surface area contributed by atoms with Gasteiger partial charge in [0.05, 0.1) is 32.2 Å². The molecule has 1 rings (SSSR count). The number of benzene rings is 1. The number of aryl methyl sites for hydroxylation is 1. The first-order valence-corrected chi connectivity index (χ1v) is 11.3. The monoisotopic (exact) mass is 410 g/mol. The maximum Gasteiger partial charge on any atom is 1.00 e. The van der Waals surface area contributed by atoms with Gasteiger partial charge >= 0.3 is 29.6 Å². The van der Waals surface area contributed by atoms with Crippen LogP contribution in [0.4, 0.5) is 0 Å². The second-order valence-electron chi connectivity index (χ2n) is 6.60. The number of rotatable bonds is 16. The number of hydrogen-bond donors (Lipinski definition) is 1. The molecular weight excluding hydrogens is 375 g/mol. The fraction of sp³-hybridized carbons (Fsp3) is 0.700. The van der Waals surface area contributed by atoms with E-state index < -0.39 is 10.1 Å². The van der Waals surface area contributed by atoms with Crippen LogP contribution in [0.5, 0.6) is 0 Å². The van der Waals surface area contributed by atoms with Gasteiger partial charge in [-0.05, 0) is 30.4 Å². The van der Waals surface area contributed by atoms with Crippen LogP contribution in [0.2, 0.25) is 0 Å². The Kier molecular flexibility index (Phi) is 17.0. The van der Waals surface area contributed by atoms with Crippen molar-refractivity contribution >= 4 is 10.1 Å². The Hall–Kier alpha value is 0.0500. The summed E-state index contributed by atoms with van der Waals surface area (Å²) < 4.78 is 40.1. The fourth-order valence-corrected chi connectivity index (χ4v) is 2.99. The zero-order valence-electron chi connectivity index (χ0n) is 18.0. The van der Waals surface area contributed by atoms with Crippen molar-refractivity contribution in [3.63, 3.8) is 0 Å². The van der Waals surface area contributed by atoms with E-state index in [1.165, 1.54) is 49.7 Å². The summed E-state index contributed by atoms with van der Waals surface area (Å²) in [5.74, 6) is -0.377. The Morgan fingerprint density at radius 3 is 1.93 bits per heavy atom. The van der Waals surface area contributed by atoms with E-state index in [0.717, 1.165) is 12.8 Å². The molecule has 0 aliphatic heterocycles. The molecule has 0 amide bonds. The van der Waals surface area contributed by atoms with Crippen LogP contribution in [0.3, 0.4) is 0 Å². The van der Waals surface area contributed by atoms with Crippen molar-refractivity contribution in [2.24, 2.45) is 0 Å². The van der Waals surface area contributed by atoms with Crippen molar-refractivity contribution in [1.82, 2.24) is 0 Å². The summed E-state index contributed by atoms with van der Waals surface area (Å²) >= 11 is 0. The van der Waals surface area contributed by atoms with E-state index in [2.05, 4.69) is 31.2 Å². The largest absolute Gasteiger partial charge is 1.00 e. The van der Waals surface area contributed by atoms with E-state index in [0.29, 0.717) is 19.8 Å². The van der Waals surface area contributed by atoms with E-state index in [-0.39, 0.29) is 43.3 Å². The van der Waals surface area contributed by atoms with Gasteiger partial charge in [-0.1, -0.05) is 63.3 Å². The Morgan fingerprint density at radius 1 is 0.815 bits per heavy atom. The first kappa shape index (κ1) is 27.0. The number of unbranched alkanes of at least 4 members (excludes halogenated alkanes) is 5. The third-order valence-electron chi connectivity index (χ3n) is 4.23. The Bertz CT molecular complexity index is 566. The molecule has 0 aromatic heterocycles. The van der Waals surface area contributed by atoms with Gasteiger partial charge in [0.25, 0.3) is 10.1 Å². The van der Waals surface area contributed by atoms with Crippen LogP contribution in [0, 0.1) is 0 Å². The molecule has 0 saturated carbocycles. The summed E-state index contributed by atoms with van der Waals surface area (Å²) in [5.41, 5.74) is 2.65. The molecule has 1 aromatic rings. The summed E-state index contributed by atoms with van der Waals surface area (Å²) in [5, 5.41) is 0. The van der Waals surface area contributed by atoms with Crippen molar-refractivity contribution in [3.05, 3.63) is 35.4 Å². The van der Waals surface area contributed by atoms with Crippen LogP contribution in [0.25, 0.3) is 0 Å². The molecule has 7 heteroatoms. The van der Waals surface area contributed by atoms with Crippen molar-refractivity contribution in [1.29, 1.82) is 0 Å². The second-order valence-corrected chi connectivity index (χ2v) is 8.17. The molecule has 0 radical (unpaired) electrons. The zero-order chi connectivity index (χ0) is 19.1. The van der Waals surface area contributed by atoms with Crippen LogP contribution in [0.15, 0.2) is 24.3 Å². The summed E-state index contributed by atoms with van der Waals surface area (Å²) in [6.07, 6.45) is 9.96. The minimum Gasteiger partial charge on any atom is -1.00 e. The fourth-order valence-electron chi connectivity index (χ4n) is 2.66. The smallest absolute Gasteiger partial charge is 1.00 e. The van der Waals surface area contributed by atoms with Gasteiger partial charge < -0.3 is 10.9 Å². The summed E-state index contributed by atoms with van der Waals surface area (Å²) in [6.45, 7) is 3.59. The molecule has 0 saturated heterocycles. The van der Waals surface area contributed by atoms with Gasteiger partial charge in [0.15, 0.2) is 0 Å². The van der Waals surface area contributed by atoms with Crippen molar-refractivity contribution in [3.8, 4) is 0 Å². The zero-order valence-corrected chi connectivity index (χ0v) is 19.8. The first-order valence-electron chi connectivity index (χ1n) is 9.69. The normalized spacial score (nSPS) is 11.3. The summed E-state index contributed by atoms with van der Waals surface area (Å²) in [6, 6.07) is 8.75. The SMILES string of the molecule is CCCCCCCCc1ccc(CCOCCOCCS(=O)(=O)O)cc1.[H-].[Na+]. The number of ether oxygens (including phenoxy) is 2. The quantitative estimate of drug-likeness (QED) is 0.252. The molecule has 0 atom stereocenters. The predicted octanol–water partition coefficient (Wildman–Crippen LogP) is 1.17. The third-order valence-corrected chi connectivity index (χ3v) is 4.92. The molecule has 0 heterocycles. The average Bonchev–Trinajstić information content (AvgIpc) is 2.60. The molecule has 0 spiro atoms. The second kappa shape index (κ2) is 17.0. The molecule has 27 heavy (non-hydrogen) atoms. The molecule has 0 fully saturated rings. The third kappa shape index (κ3) is 16.7.